The molecule has 0 fully saturated rings. The minimum Gasteiger partial charge on any atom is -0.394 e. The maximum absolute atomic E-state index is 11.1. The van der Waals surface area contributed by atoms with Crippen LogP contribution >= 0.6 is 0 Å². The second-order valence-electron chi connectivity index (χ2n) is 3.22. The quantitative estimate of drug-likeness (QED) is 0.631. The minimum absolute atomic E-state index is 0.0239. The Hall–Kier alpha value is -0.610. The van der Waals surface area contributed by atoms with Gasteiger partial charge in [0.15, 0.2) is 0 Å². The van der Waals surface area contributed by atoms with Crippen molar-refractivity contribution in [3.63, 3.8) is 0 Å². The molecule has 2 N–H and O–H groups in total. The van der Waals surface area contributed by atoms with Gasteiger partial charge in [-0.2, -0.15) is 0 Å². The van der Waals surface area contributed by atoms with Crippen LogP contribution in [-0.2, 0) is 9.53 Å². The van der Waals surface area contributed by atoms with Crippen LogP contribution in [0, 0.1) is 0 Å². The lowest BCUT2D eigenvalue weighted by Crippen LogP contribution is -2.39. The van der Waals surface area contributed by atoms with Gasteiger partial charge < -0.3 is 15.2 Å². The summed E-state index contributed by atoms with van der Waals surface area (Å²) < 4.78 is 5.10. The SMILES string of the molecule is CC[C@H](CO)NC(=O)COC(C)C. The third kappa shape index (κ3) is 6.54. The van der Waals surface area contributed by atoms with Gasteiger partial charge in [0.05, 0.1) is 18.8 Å². The van der Waals surface area contributed by atoms with Crippen molar-refractivity contribution >= 4 is 5.91 Å². The fraction of sp³-hybridized carbons (Fsp3) is 0.889. The Kier molecular flexibility index (Phi) is 6.54. The van der Waals surface area contributed by atoms with Crippen molar-refractivity contribution in [2.24, 2.45) is 0 Å². The normalized spacial score (nSPS) is 13.0. The number of ether oxygens (including phenoxy) is 1. The van der Waals surface area contributed by atoms with Gasteiger partial charge in [-0.15, -0.1) is 0 Å². The number of amides is 1. The van der Waals surface area contributed by atoms with E-state index in [1.54, 1.807) is 0 Å². The molecule has 0 saturated heterocycles. The summed E-state index contributed by atoms with van der Waals surface area (Å²) in [6.45, 7) is 5.69. The largest absolute Gasteiger partial charge is 0.394 e. The Morgan fingerprint density at radius 2 is 2.15 bits per heavy atom. The van der Waals surface area contributed by atoms with Gasteiger partial charge in [-0.05, 0) is 20.3 Å². The van der Waals surface area contributed by atoms with E-state index >= 15 is 0 Å². The lowest BCUT2D eigenvalue weighted by atomic mass is 10.2. The van der Waals surface area contributed by atoms with Crippen LogP contribution in [0.25, 0.3) is 0 Å². The van der Waals surface area contributed by atoms with Gasteiger partial charge in [0.2, 0.25) is 5.91 Å². The highest BCUT2D eigenvalue weighted by atomic mass is 16.5. The van der Waals surface area contributed by atoms with Crippen molar-refractivity contribution in [2.75, 3.05) is 13.2 Å². The molecule has 0 heterocycles. The molecule has 0 aliphatic carbocycles. The minimum atomic E-state index is -0.172. The number of hydrogen-bond acceptors (Lipinski definition) is 3. The lowest BCUT2D eigenvalue weighted by Gasteiger charge is -2.14. The Morgan fingerprint density at radius 1 is 1.54 bits per heavy atom. The molecule has 0 aromatic heterocycles. The van der Waals surface area contributed by atoms with E-state index in [1.165, 1.54) is 0 Å². The van der Waals surface area contributed by atoms with Gasteiger partial charge in [-0.25, -0.2) is 0 Å². The molecule has 0 unspecified atom stereocenters. The predicted molar refractivity (Wildman–Crippen MR) is 50.4 cm³/mol. The lowest BCUT2D eigenvalue weighted by molar-refractivity contribution is -0.128. The summed E-state index contributed by atoms with van der Waals surface area (Å²) in [5.41, 5.74) is 0. The zero-order valence-electron chi connectivity index (χ0n) is 8.54. The van der Waals surface area contributed by atoms with Crippen LogP contribution in [0.3, 0.4) is 0 Å². The molecule has 4 heteroatoms. The molecule has 0 aliphatic rings. The first-order valence-electron chi connectivity index (χ1n) is 4.62. The molecule has 4 nitrogen and oxygen atoms in total. The summed E-state index contributed by atoms with van der Waals surface area (Å²) in [4.78, 5) is 11.1. The molecule has 0 rings (SSSR count). The molecule has 0 saturated carbocycles. The summed E-state index contributed by atoms with van der Waals surface area (Å²) in [7, 11) is 0. The first kappa shape index (κ1) is 12.4. The number of hydrogen-bond donors (Lipinski definition) is 2. The van der Waals surface area contributed by atoms with E-state index in [2.05, 4.69) is 5.32 Å². The topological polar surface area (TPSA) is 58.6 Å². The van der Waals surface area contributed by atoms with E-state index in [9.17, 15) is 4.79 Å². The molecule has 0 spiro atoms. The van der Waals surface area contributed by atoms with E-state index < -0.39 is 0 Å². The maximum Gasteiger partial charge on any atom is 0.246 e. The number of carbonyl (C=O) groups is 1. The van der Waals surface area contributed by atoms with Crippen LogP contribution in [-0.4, -0.2) is 36.4 Å². The van der Waals surface area contributed by atoms with Crippen LogP contribution in [0.2, 0.25) is 0 Å². The monoisotopic (exact) mass is 189 g/mol. The van der Waals surface area contributed by atoms with Crippen molar-refractivity contribution < 1.29 is 14.6 Å². The smallest absolute Gasteiger partial charge is 0.246 e. The number of rotatable bonds is 6. The summed E-state index contributed by atoms with van der Waals surface area (Å²) in [5, 5.41) is 11.5. The number of aliphatic hydroxyl groups excluding tert-OH is 1. The van der Waals surface area contributed by atoms with Crippen molar-refractivity contribution in [3.05, 3.63) is 0 Å². The van der Waals surface area contributed by atoms with Crippen LogP contribution in [0.5, 0.6) is 0 Å². The van der Waals surface area contributed by atoms with Gasteiger partial charge in [0.1, 0.15) is 6.61 Å². The average Bonchev–Trinajstić information content (AvgIpc) is 2.10. The van der Waals surface area contributed by atoms with Crippen LogP contribution in [0.15, 0.2) is 0 Å². The van der Waals surface area contributed by atoms with Gasteiger partial charge in [-0.1, -0.05) is 6.92 Å². The Labute approximate surface area is 79.3 Å². The number of carbonyl (C=O) groups excluding carboxylic acids is 1. The molecule has 1 amide bonds. The summed E-state index contributed by atoms with van der Waals surface area (Å²) >= 11 is 0. The van der Waals surface area contributed by atoms with Crippen molar-refractivity contribution in [3.8, 4) is 0 Å². The van der Waals surface area contributed by atoms with Gasteiger partial charge in [-0.3, -0.25) is 4.79 Å². The first-order valence-corrected chi connectivity index (χ1v) is 4.62. The second-order valence-corrected chi connectivity index (χ2v) is 3.22. The van der Waals surface area contributed by atoms with Crippen molar-refractivity contribution in [1.29, 1.82) is 0 Å². The zero-order chi connectivity index (χ0) is 10.3. The van der Waals surface area contributed by atoms with E-state index in [0.717, 1.165) is 6.42 Å². The molecule has 1 atom stereocenters. The fourth-order valence-corrected chi connectivity index (χ4v) is 0.788. The van der Waals surface area contributed by atoms with Gasteiger partial charge in [0.25, 0.3) is 0 Å². The molecule has 13 heavy (non-hydrogen) atoms. The molecule has 78 valence electrons. The van der Waals surface area contributed by atoms with Gasteiger partial charge in [0, 0.05) is 0 Å². The average molecular weight is 189 g/mol. The maximum atomic E-state index is 11.1. The molecule has 0 aromatic rings. The first-order chi connectivity index (χ1) is 6.10. The Morgan fingerprint density at radius 3 is 2.54 bits per heavy atom. The number of aliphatic hydroxyl groups is 1. The fourth-order valence-electron chi connectivity index (χ4n) is 0.788. The summed E-state index contributed by atoms with van der Waals surface area (Å²) in [6, 6.07) is -0.150. The molecule has 0 radical (unpaired) electrons. The second kappa shape index (κ2) is 6.86. The summed E-state index contributed by atoms with van der Waals surface area (Å²) in [5.74, 6) is -0.172. The predicted octanol–water partition coefficient (Wildman–Crippen LogP) is 0.298. The highest BCUT2D eigenvalue weighted by Crippen LogP contribution is 1.90. The zero-order valence-corrected chi connectivity index (χ0v) is 8.54. The molecule has 0 bridgehead atoms. The highest BCUT2D eigenvalue weighted by Gasteiger charge is 2.09. The van der Waals surface area contributed by atoms with Crippen LogP contribution in [0.1, 0.15) is 27.2 Å². The standard InChI is InChI=1S/C9H19NO3/c1-4-8(5-11)10-9(12)6-13-7(2)3/h7-8,11H,4-6H2,1-3H3,(H,10,12)/t8-/m1/s1. The van der Waals surface area contributed by atoms with E-state index in [0.29, 0.717) is 0 Å². The Bertz CT molecular complexity index is 144. The molecule has 0 aromatic carbocycles. The highest BCUT2D eigenvalue weighted by molar-refractivity contribution is 5.77. The van der Waals surface area contributed by atoms with Gasteiger partial charge >= 0.3 is 0 Å². The van der Waals surface area contributed by atoms with Crippen molar-refractivity contribution in [2.45, 2.75) is 39.3 Å². The summed E-state index contributed by atoms with van der Waals surface area (Å²) in [6.07, 6.45) is 0.782. The van der Waals surface area contributed by atoms with Crippen LogP contribution in [0.4, 0.5) is 0 Å². The van der Waals surface area contributed by atoms with E-state index in [4.69, 9.17) is 9.84 Å². The number of nitrogens with one attached hydrogen (secondary N) is 1. The molecular formula is C9H19NO3. The third-order valence-electron chi connectivity index (χ3n) is 1.63. The Balaban J connectivity index is 3.60. The van der Waals surface area contributed by atoms with Crippen molar-refractivity contribution in [1.82, 2.24) is 5.32 Å². The molecular weight excluding hydrogens is 170 g/mol. The third-order valence-corrected chi connectivity index (χ3v) is 1.63. The van der Waals surface area contributed by atoms with E-state index in [-0.39, 0.29) is 31.3 Å². The molecule has 0 aliphatic heterocycles. The van der Waals surface area contributed by atoms with E-state index in [1.807, 2.05) is 20.8 Å². The van der Waals surface area contributed by atoms with Crippen LogP contribution < -0.4 is 5.32 Å².